The number of aliphatic hydroxyl groups is 1. The van der Waals surface area contributed by atoms with Crippen LogP contribution >= 0.6 is 0 Å². The van der Waals surface area contributed by atoms with E-state index in [4.69, 9.17) is 0 Å². The fraction of sp³-hybridized carbons (Fsp3) is 0.615. The summed E-state index contributed by atoms with van der Waals surface area (Å²) in [6.45, 7) is 3.22. The average Bonchev–Trinajstić information content (AvgIpc) is 2.77. The molecule has 0 saturated carbocycles. The number of likely N-dealkylation sites (tertiary alicyclic amines) is 1. The first-order chi connectivity index (χ1) is 8.76. The van der Waals surface area contributed by atoms with E-state index in [1.165, 1.54) is 4.90 Å². The van der Waals surface area contributed by atoms with Gasteiger partial charge in [-0.2, -0.15) is 5.10 Å². The van der Waals surface area contributed by atoms with E-state index in [0.717, 1.165) is 5.56 Å². The normalized spacial score (nSPS) is 20.4. The van der Waals surface area contributed by atoms with Gasteiger partial charge >= 0.3 is 0 Å². The molecule has 1 aliphatic heterocycles. The van der Waals surface area contributed by atoms with Crippen molar-refractivity contribution in [3.8, 4) is 0 Å². The van der Waals surface area contributed by atoms with Crippen molar-refractivity contribution in [3.63, 3.8) is 0 Å². The molecular formula is C13H19N3O3. The Hall–Kier alpha value is -1.69. The molecule has 0 aliphatic carbocycles. The molecule has 0 aromatic carbocycles. The lowest BCUT2D eigenvalue weighted by atomic mass is 10.0. The van der Waals surface area contributed by atoms with E-state index in [1.54, 1.807) is 24.7 Å². The Morgan fingerprint density at radius 1 is 1.47 bits per heavy atom. The third-order valence-electron chi connectivity index (χ3n) is 3.12. The lowest BCUT2D eigenvalue weighted by Gasteiger charge is -2.24. The first-order valence-electron chi connectivity index (χ1n) is 6.30. The molecule has 0 radical (unpaired) electrons. The van der Waals surface area contributed by atoms with Crippen LogP contribution in [0.3, 0.4) is 0 Å². The highest BCUT2D eigenvalue weighted by atomic mass is 16.3. The van der Waals surface area contributed by atoms with Crippen LogP contribution in [0.15, 0.2) is 12.4 Å². The highest BCUT2D eigenvalue weighted by molar-refractivity contribution is 6.03. The Balaban J connectivity index is 2.05. The Morgan fingerprint density at radius 3 is 2.68 bits per heavy atom. The highest BCUT2D eigenvalue weighted by Crippen LogP contribution is 2.24. The number of rotatable bonds is 4. The predicted octanol–water partition coefficient (Wildman–Crippen LogP) is 0.109. The van der Waals surface area contributed by atoms with Crippen molar-refractivity contribution >= 4 is 11.8 Å². The van der Waals surface area contributed by atoms with E-state index in [1.807, 2.05) is 13.2 Å². The zero-order valence-electron chi connectivity index (χ0n) is 11.5. The summed E-state index contributed by atoms with van der Waals surface area (Å²) in [7, 11) is 1.81. The smallest absolute Gasteiger partial charge is 0.233 e. The van der Waals surface area contributed by atoms with Crippen molar-refractivity contribution in [2.75, 3.05) is 6.54 Å². The molecule has 1 aromatic heterocycles. The van der Waals surface area contributed by atoms with Gasteiger partial charge in [0.1, 0.15) is 0 Å². The lowest BCUT2D eigenvalue weighted by molar-refractivity contribution is -0.142. The Labute approximate surface area is 112 Å². The van der Waals surface area contributed by atoms with Gasteiger partial charge in [-0.1, -0.05) is 0 Å². The van der Waals surface area contributed by atoms with Gasteiger partial charge in [0.15, 0.2) is 0 Å². The summed E-state index contributed by atoms with van der Waals surface area (Å²) >= 11 is 0. The number of amides is 2. The molecule has 1 fully saturated rings. The van der Waals surface area contributed by atoms with Gasteiger partial charge in [-0.3, -0.25) is 19.2 Å². The molecular weight excluding hydrogens is 246 g/mol. The predicted molar refractivity (Wildman–Crippen MR) is 68.0 cm³/mol. The van der Waals surface area contributed by atoms with Crippen LogP contribution in [-0.4, -0.2) is 43.7 Å². The molecule has 0 bridgehead atoms. The topological polar surface area (TPSA) is 75.4 Å². The second kappa shape index (κ2) is 4.77. The monoisotopic (exact) mass is 265 g/mol. The van der Waals surface area contributed by atoms with Crippen LogP contribution in [0.1, 0.15) is 25.8 Å². The van der Waals surface area contributed by atoms with Crippen LogP contribution in [0.4, 0.5) is 0 Å². The molecule has 0 unspecified atom stereocenters. The van der Waals surface area contributed by atoms with Gasteiger partial charge in [-0.05, 0) is 25.8 Å². The number of aryl methyl sites for hydroxylation is 1. The molecule has 2 amide bonds. The third kappa shape index (κ3) is 3.20. The van der Waals surface area contributed by atoms with Crippen LogP contribution in [0, 0.1) is 5.92 Å². The summed E-state index contributed by atoms with van der Waals surface area (Å²) in [6.07, 6.45) is 4.28. The number of carbonyl (C=O) groups excluding carboxylic acids is 2. The van der Waals surface area contributed by atoms with Crippen LogP contribution in [0.5, 0.6) is 0 Å². The minimum Gasteiger partial charge on any atom is -0.389 e. The number of hydrogen-bond donors (Lipinski definition) is 1. The van der Waals surface area contributed by atoms with Gasteiger partial charge < -0.3 is 5.11 Å². The van der Waals surface area contributed by atoms with E-state index in [9.17, 15) is 14.7 Å². The molecule has 0 spiro atoms. The van der Waals surface area contributed by atoms with E-state index in [2.05, 4.69) is 5.10 Å². The zero-order chi connectivity index (χ0) is 14.2. The van der Waals surface area contributed by atoms with E-state index >= 15 is 0 Å². The largest absolute Gasteiger partial charge is 0.389 e. The van der Waals surface area contributed by atoms with E-state index < -0.39 is 5.60 Å². The summed E-state index contributed by atoms with van der Waals surface area (Å²) in [4.78, 5) is 25.2. The number of carbonyl (C=O) groups is 2. The maximum Gasteiger partial charge on any atom is 0.233 e. The summed E-state index contributed by atoms with van der Waals surface area (Å²) in [5.74, 6) is -0.740. The van der Waals surface area contributed by atoms with Crippen LogP contribution in [0.2, 0.25) is 0 Å². The average molecular weight is 265 g/mol. The molecule has 2 heterocycles. The van der Waals surface area contributed by atoms with Crippen molar-refractivity contribution < 1.29 is 14.7 Å². The SMILES string of the molecule is Cn1cc(C[C@H]2CC(=O)N(CC(C)(C)O)C2=O)cn1. The number of imide groups is 1. The second-order valence-electron chi connectivity index (χ2n) is 5.76. The molecule has 2 rings (SSSR count). The summed E-state index contributed by atoms with van der Waals surface area (Å²) in [5, 5.41) is 13.8. The van der Waals surface area contributed by atoms with Gasteiger partial charge in [-0.15, -0.1) is 0 Å². The van der Waals surface area contributed by atoms with Gasteiger partial charge in [0.25, 0.3) is 0 Å². The molecule has 1 atom stereocenters. The Morgan fingerprint density at radius 2 is 2.16 bits per heavy atom. The summed E-state index contributed by atoms with van der Waals surface area (Å²) < 4.78 is 1.67. The maximum absolute atomic E-state index is 12.2. The minimum atomic E-state index is -1.06. The Kier molecular flexibility index (Phi) is 3.45. The van der Waals surface area contributed by atoms with Crippen molar-refractivity contribution in [2.45, 2.75) is 32.3 Å². The van der Waals surface area contributed by atoms with Gasteiger partial charge in [0, 0.05) is 19.7 Å². The van der Waals surface area contributed by atoms with E-state index in [-0.39, 0.29) is 30.7 Å². The lowest BCUT2D eigenvalue weighted by Crippen LogP contribution is -2.42. The number of nitrogens with zero attached hydrogens (tertiary/aromatic N) is 3. The van der Waals surface area contributed by atoms with Crippen molar-refractivity contribution in [2.24, 2.45) is 13.0 Å². The quantitative estimate of drug-likeness (QED) is 0.784. The molecule has 1 aromatic rings. The Bertz CT molecular complexity index is 501. The first-order valence-corrected chi connectivity index (χ1v) is 6.30. The van der Waals surface area contributed by atoms with Crippen LogP contribution in [0.25, 0.3) is 0 Å². The standard InChI is InChI=1S/C13H19N3O3/c1-13(2,19)8-16-11(17)5-10(12(16)18)4-9-6-14-15(3)7-9/h6-7,10,19H,4-5,8H2,1-3H3/t10-/m0/s1. The van der Waals surface area contributed by atoms with Crippen LogP contribution in [-0.2, 0) is 23.1 Å². The van der Waals surface area contributed by atoms with Gasteiger partial charge in [0.2, 0.25) is 11.8 Å². The number of aromatic nitrogens is 2. The molecule has 6 nitrogen and oxygen atoms in total. The third-order valence-corrected chi connectivity index (χ3v) is 3.12. The first kappa shape index (κ1) is 13.7. The fourth-order valence-electron chi connectivity index (χ4n) is 2.33. The second-order valence-corrected chi connectivity index (χ2v) is 5.76. The molecule has 104 valence electrons. The zero-order valence-corrected chi connectivity index (χ0v) is 11.5. The summed E-state index contributed by atoms with van der Waals surface area (Å²) in [6, 6.07) is 0. The van der Waals surface area contributed by atoms with Crippen molar-refractivity contribution in [3.05, 3.63) is 18.0 Å². The highest BCUT2D eigenvalue weighted by Gasteiger charge is 2.40. The van der Waals surface area contributed by atoms with Gasteiger partial charge in [-0.25, -0.2) is 0 Å². The molecule has 1 saturated heterocycles. The number of β-amino-alcohol motifs (C(OH)–C–C–N with tert-alkyl or cyclic N) is 1. The fourth-order valence-corrected chi connectivity index (χ4v) is 2.33. The van der Waals surface area contributed by atoms with Crippen molar-refractivity contribution in [1.29, 1.82) is 0 Å². The molecule has 19 heavy (non-hydrogen) atoms. The molecule has 6 heteroatoms. The summed E-state index contributed by atoms with van der Waals surface area (Å²) in [5.41, 5.74) is -0.118. The number of hydrogen-bond acceptors (Lipinski definition) is 4. The van der Waals surface area contributed by atoms with E-state index in [0.29, 0.717) is 6.42 Å². The molecule has 1 N–H and O–H groups in total. The molecule has 1 aliphatic rings. The van der Waals surface area contributed by atoms with Gasteiger partial charge in [0.05, 0.1) is 24.3 Å². The van der Waals surface area contributed by atoms with Crippen LogP contribution < -0.4 is 0 Å². The maximum atomic E-state index is 12.2. The minimum absolute atomic E-state index is 0.0498. The van der Waals surface area contributed by atoms with Crippen molar-refractivity contribution in [1.82, 2.24) is 14.7 Å².